The monoisotopic (exact) mass is 492 g/mol. The lowest BCUT2D eigenvalue weighted by Gasteiger charge is -2.32. The molecule has 2 aromatic carbocycles. The number of para-hydroxylation sites is 1. The fourth-order valence-corrected chi connectivity index (χ4v) is 5.18. The number of amides is 1. The van der Waals surface area contributed by atoms with E-state index < -0.39 is 0 Å². The van der Waals surface area contributed by atoms with Gasteiger partial charge in [-0.2, -0.15) is 0 Å². The maximum atomic E-state index is 13.1. The minimum atomic E-state index is -0.0489. The maximum Gasteiger partial charge on any atom is 0.223 e. The molecule has 0 aliphatic carbocycles. The van der Waals surface area contributed by atoms with Crippen LogP contribution in [0.5, 0.6) is 0 Å². The van der Waals surface area contributed by atoms with E-state index in [1.807, 2.05) is 54.7 Å². The quantitative estimate of drug-likeness (QED) is 0.345. The maximum absolute atomic E-state index is 13.1. The number of aromatic nitrogens is 2. The zero-order valence-electron chi connectivity index (χ0n) is 18.7. The number of hydrogen-bond acceptors (Lipinski definition) is 3. The highest BCUT2D eigenvalue weighted by atomic mass is 35.5. The van der Waals surface area contributed by atoms with Gasteiger partial charge in [-0.1, -0.05) is 59.6 Å². The first-order chi connectivity index (χ1) is 16.6. The van der Waals surface area contributed by atoms with Crippen LogP contribution >= 0.6 is 23.2 Å². The topological polar surface area (TPSA) is 61.0 Å². The Balaban J connectivity index is 1.29. The third kappa shape index (κ3) is 4.77. The van der Waals surface area contributed by atoms with Crippen LogP contribution in [0.4, 0.5) is 5.82 Å². The molecule has 34 heavy (non-hydrogen) atoms. The van der Waals surface area contributed by atoms with Crippen LogP contribution in [-0.2, 0) is 4.79 Å². The molecule has 174 valence electrons. The van der Waals surface area contributed by atoms with Crippen molar-refractivity contribution in [2.24, 2.45) is 5.92 Å². The van der Waals surface area contributed by atoms with Crippen molar-refractivity contribution in [2.75, 3.05) is 24.5 Å². The Hall–Kier alpha value is -3.02. The summed E-state index contributed by atoms with van der Waals surface area (Å²) in [4.78, 5) is 23.1. The van der Waals surface area contributed by atoms with Gasteiger partial charge in [0, 0.05) is 59.8 Å². The summed E-state index contributed by atoms with van der Waals surface area (Å²) >= 11 is 12.5. The summed E-state index contributed by atoms with van der Waals surface area (Å²) in [7, 11) is 0. The lowest BCUT2D eigenvalue weighted by atomic mass is 9.90. The van der Waals surface area contributed by atoms with Crippen LogP contribution in [0.2, 0.25) is 10.0 Å². The van der Waals surface area contributed by atoms with Crippen LogP contribution < -0.4 is 10.2 Å². The molecule has 3 heterocycles. The van der Waals surface area contributed by atoms with Crippen LogP contribution in [0.3, 0.4) is 0 Å². The summed E-state index contributed by atoms with van der Waals surface area (Å²) in [5.41, 5.74) is 3.22. The largest absolute Gasteiger partial charge is 0.361 e. The molecule has 5 nitrogen and oxygen atoms in total. The Morgan fingerprint density at radius 3 is 2.56 bits per heavy atom. The number of carbonyl (C=O) groups excluding carboxylic acids is 1. The molecule has 0 saturated carbocycles. The molecule has 1 saturated heterocycles. The minimum absolute atomic E-state index is 0.0154. The smallest absolute Gasteiger partial charge is 0.223 e. The van der Waals surface area contributed by atoms with Crippen LogP contribution in [0.25, 0.3) is 10.9 Å². The zero-order valence-corrected chi connectivity index (χ0v) is 20.2. The summed E-state index contributed by atoms with van der Waals surface area (Å²) in [5.74, 6) is 0.938. The number of benzene rings is 2. The van der Waals surface area contributed by atoms with E-state index in [2.05, 4.69) is 32.3 Å². The van der Waals surface area contributed by atoms with Gasteiger partial charge < -0.3 is 15.2 Å². The number of H-pyrrole nitrogens is 1. The summed E-state index contributed by atoms with van der Waals surface area (Å²) < 4.78 is 0. The van der Waals surface area contributed by atoms with Crippen LogP contribution in [0.15, 0.2) is 73.1 Å². The van der Waals surface area contributed by atoms with Crippen molar-refractivity contribution >= 4 is 45.8 Å². The van der Waals surface area contributed by atoms with Crippen LogP contribution in [0, 0.1) is 5.92 Å². The number of halogens is 2. The summed E-state index contributed by atoms with van der Waals surface area (Å²) in [5, 5.41) is 5.70. The van der Waals surface area contributed by atoms with Crippen molar-refractivity contribution in [1.82, 2.24) is 15.3 Å². The third-order valence-corrected chi connectivity index (χ3v) is 7.23. The van der Waals surface area contributed by atoms with E-state index in [4.69, 9.17) is 23.2 Å². The van der Waals surface area contributed by atoms with E-state index in [1.165, 1.54) is 0 Å². The highest BCUT2D eigenvalue weighted by Crippen LogP contribution is 2.34. The summed E-state index contributed by atoms with van der Waals surface area (Å²) in [6, 6.07) is 19.9. The molecule has 2 N–H and O–H groups in total. The predicted molar refractivity (Wildman–Crippen MR) is 139 cm³/mol. The van der Waals surface area contributed by atoms with Gasteiger partial charge in [-0.05, 0) is 48.2 Å². The van der Waals surface area contributed by atoms with Crippen LogP contribution in [-0.4, -0.2) is 35.5 Å². The van der Waals surface area contributed by atoms with Crippen molar-refractivity contribution in [3.8, 4) is 0 Å². The molecule has 4 aromatic rings. The number of rotatable bonds is 6. The summed E-state index contributed by atoms with van der Waals surface area (Å²) in [6.07, 6.45) is 5.28. The van der Waals surface area contributed by atoms with E-state index in [-0.39, 0.29) is 17.7 Å². The highest BCUT2D eigenvalue weighted by molar-refractivity contribution is 6.31. The number of aromatic amines is 1. The van der Waals surface area contributed by atoms with Gasteiger partial charge in [0.2, 0.25) is 5.91 Å². The van der Waals surface area contributed by atoms with E-state index in [0.29, 0.717) is 16.6 Å². The number of nitrogens with zero attached hydrogens (tertiary/aromatic N) is 2. The van der Waals surface area contributed by atoms with Gasteiger partial charge in [-0.25, -0.2) is 4.98 Å². The molecule has 1 fully saturated rings. The molecule has 0 bridgehead atoms. The van der Waals surface area contributed by atoms with Gasteiger partial charge in [-0.3, -0.25) is 4.79 Å². The summed E-state index contributed by atoms with van der Waals surface area (Å²) in [6.45, 7) is 2.08. The second kappa shape index (κ2) is 10.1. The van der Waals surface area contributed by atoms with Gasteiger partial charge in [0.15, 0.2) is 0 Å². The Morgan fingerprint density at radius 1 is 1.03 bits per heavy atom. The fraction of sp³-hybridized carbons (Fsp3) is 0.259. The van der Waals surface area contributed by atoms with Gasteiger partial charge in [0.25, 0.3) is 0 Å². The molecule has 1 aliphatic heterocycles. The number of piperidine rings is 1. The molecule has 5 rings (SSSR count). The second-order valence-corrected chi connectivity index (χ2v) is 9.55. The van der Waals surface area contributed by atoms with E-state index in [1.54, 1.807) is 6.20 Å². The number of carbonyl (C=O) groups is 1. The van der Waals surface area contributed by atoms with Crippen molar-refractivity contribution in [3.63, 3.8) is 0 Å². The van der Waals surface area contributed by atoms with E-state index >= 15 is 0 Å². The fourth-order valence-electron chi connectivity index (χ4n) is 4.80. The SMILES string of the molecule is O=C(NCC(c1ccccc1Cl)c1c[nH]c2ccccc12)C1CCN(c2ccc(Cl)cn2)CC1. The Kier molecular flexibility index (Phi) is 6.75. The highest BCUT2D eigenvalue weighted by Gasteiger charge is 2.27. The van der Waals surface area contributed by atoms with Gasteiger partial charge in [0.05, 0.1) is 5.02 Å². The first kappa shape index (κ1) is 22.8. The Labute approximate surface area is 209 Å². The third-order valence-electron chi connectivity index (χ3n) is 6.66. The first-order valence-electron chi connectivity index (χ1n) is 11.5. The molecule has 2 aromatic heterocycles. The molecule has 0 spiro atoms. The Morgan fingerprint density at radius 2 is 1.79 bits per heavy atom. The molecule has 1 amide bonds. The van der Waals surface area contributed by atoms with Crippen molar-refractivity contribution in [1.29, 1.82) is 0 Å². The first-order valence-corrected chi connectivity index (χ1v) is 12.3. The molecule has 1 aliphatic rings. The van der Waals surface area contributed by atoms with Crippen molar-refractivity contribution < 1.29 is 4.79 Å². The molecular weight excluding hydrogens is 467 g/mol. The molecular formula is C27H26Cl2N4O. The normalized spacial score (nSPS) is 15.4. The standard InChI is InChI=1S/C27H26Cl2N4O/c28-19-9-10-26(31-15-19)33-13-11-18(12-14-33)27(34)32-17-22(20-5-1-3-7-24(20)29)23-16-30-25-8-4-2-6-21(23)25/h1-10,15-16,18,22,30H,11-14,17H2,(H,32,34). The number of fused-ring (bicyclic) bond motifs is 1. The number of anilines is 1. The predicted octanol–water partition coefficient (Wildman–Crippen LogP) is 6.03. The molecule has 1 unspecified atom stereocenters. The average molecular weight is 493 g/mol. The van der Waals surface area contributed by atoms with Gasteiger partial charge >= 0.3 is 0 Å². The lowest BCUT2D eigenvalue weighted by molar-refractivity contribution is -0.125. The van der Waals surface area contributed by atoms with E-state index in [9.17, 15) is 4.79 Å². The van der Waals surface area contributed by atoms with Crippen molar-refractivity contribution in [3.05, 3.63) is 94.2 Å². The number of pyridine rings is 1. The molecule has 1 atom stereocenters. The van der Waals surface area contributed by atoms with E-state index in [0.717, 1.165) is 53.8 Å². The molecule has 7 heteroatoms. The van der Waals surface area contributed by atoms with Gasteiger partial charge in [-0.15, -0.1) is 0 Å². The molecule has 0 radical (unpaired) electrons. The van der Waals surface area contributed by atoms with Gasteiger partial charge in [0.1, 0.15) is 5.82 Å². The van der Waals surface area contributed by atoms with Crippen molar-refractivity contribution in [2.45, 2.75) is 18.8 Å². The minimum Gasteiger partial charge on any atom is -0.361 e. The lowest BCUT2D eigenvalue weighted by Crippen LogP contribution is -2.41. The number of hydrogen-bond donors (Lipinski definition) is 2. The average Bonchev–Trinajstić information content (AvgIpc) is 3.30. The zero-order chi connectivity index (χ0) is 23.5. The second-order valence-electron chi connectivity index (χ2n) is 8.70. The Bertz CT molecular complexity index is 1280. The van der Waals surface area contributed by atoms with Crippen LogP contribution in [0.1, 0.15) is 29.9 Å². The number of nitrogens with one attached hydrogen (secondary N) is 2.